The van der Waals surface area contributed by atoms with Crippen LogP contribution in [0.25, 0.3) is 16.9 Å². The van der Waals surface area contributed by atoms with E-state index in [2.05, 4.69) is 10.3 Å². The standard InChI is InChI=1S/C20H16ClFN4/c1-12-11-18(24-17-9-7-16(22)8-10-17)26-20(23-12)13(2)19(25-26)14-3-5-15(21)6-4-14/h3-11,24H,1-2H3. The van der Waals surface area contributed by atoms with Crippen LogP contribution in [0.15, 0.2) is 54.6 Å². The summed E-state index contributed by atoms with van der Waals surface area (Å²) in [6.45, 7) is 3.94. The minimum atomic E-state index is -0.272. The molecule has 2 aromatic heterocycles. The van der Waals surface area contributed by atoms with Gasteiger partial charge in [0.2, 0.25) is 0 Å². The van der Waals surface area contributed by atoms with Crippen molar-refractivity contribution in [3.8, 4) is 11.3 Å². The lowest BCUT2D eigenvalue weighted by Crippen LogP contribution is -2.02. The summed E-state index contributed by atoms with van der Waals surface area (Å²) in [6, 6.07) is 15.7. The van der Waals surface area contributed by atoms with E-state index < -0.39 is 0 Å². The Kier molecular flexibility index (Phi) is 4.09. The Bertz CT molecular complexity index is 1090. The van der Waals surface area contributed by atoms with Crippen LogP contribution in [-0.4, -0.2) is 14.6 Å². The Morgan fingerprint density at radius 3 is 2.38 bits per heavy atom. The molecule has 0 spiro atoms. The van der Waals surface area contributed by atoms with Gasteiger partial charge in [0, 0.05) is 33.6 Å². The molecule has 2 heterocycles. The number of nitrogens with one attached hydrogen (secondary N) is 1. The quantitative estimate of drug-likeness (QED) is 0.517. The Balaban J connectivity index is 1.84. The number of fused-ring (bicyclic) bond motifs is 1. The second-order valence-corrected chi connectivity index (χ2v) is 6.57. The Morgan fingerprint density at radius 1 is 1.00 bits per heavy atom. The minimum absolute atomic E-state index is 0.272. The summed E-state index contributed by atoms with van der Waals surface area (Å²) in [5, 5.41) is 8.71. The lowest BCUT2D eigenvalue weighted by molar-refractivity contribution is 0.628. The maximum absolute atomic E-state index is 13.2. The van der Waals surface area contributed by atoms with Gasteiger partial charge in [0.25, 0.3) is 0 Å². The zero-order valence-corrected chi connectivity index (χ0v) is 15.0. The van der Waals surface area contributed by atoms with E-state index in [0.717, 1.165) is 39.7 Å². The number of hydrogen-bond acceptors (Lipinski definition) is 3. The molecule has 0 saturated heterocycles. The highest BCUT2D eigenvalue weighted by atomic mass is 35.5. The third-order valence-corrected chi connectivity index (χ3v) is 4.43. The fourth-order valence-electron chi connectivity index (χ4n) is 2.90. The van der Waals surface area contributed by atoms with E-state index in [4.69, 9.17) is 16.7 Å². The fraction of sp³-hybridized carbons (Fsp3) is 0.100. The number of aryl methyl sites for hydroxylation is 2. The van der Waals surface area contributed by atoms with Crippen molar-refractivity contribution in [2.75, 3.05) is 5.32 Å². The predicted octanol–water partition coefficient (Wildman–Crippen LogP) is 5.55. The summed E-state index contributed by atoms with van der Waals surface area (Å²) < 4.78 is 14.9. The molecule has 0 saturated carbocycles. The lowest BCUT2D eigenvalue weighted by Gasteiger charge is -2.09. The van der Waals surface area contributed by atoms with Crippen LogP contribution in [0.1, 0.15) is 11.3 Å². The van der Waals surface area contributed by atoms with Gasteiger partial charge >= 0.3 is 0 Å². The average Bonchev–Trinajstić information content (AvgIpc) is 2.95. The molecule has 0 aliphatic heterocycles. The van der Waals surface area contributed by atoms with Gasteiger partial charge in [0.05, 0.1) is 5.69 Å². The molecular weight excluding hydrogens is 351 g/mol. The van der Waals surface area contributed by atoms with Crippen molar-refractivity contribution in [3.05, 3.63) is 76.7 Å². The van der Waals surface area contributed by atoms with Crippen molar-refractivity contribution in [3.63, 3.8) is 0 Å². The SMILES string of the molecule is Cc1cc(Nc2ccc(F)cc2)n2nc(-c3ccc(Cl)cc3)c(C)c2n1. The number of benzene rings is 2. The summed E-state index contributed by atoms with van der Waals surface area (Å²) in [5.74, 6) is 0.494. The number of nitrogens with zero attached hydrogens (tertiary/aromatic N) is 3. The van der Waals surface area contributed by atoms with Crippen LogP contribution in [0.3, 0.4) is 0 Å². The zero-order valence-electron chi connectivity index (χ0n) is 14.3. The largest absolute Gasteiger partial charge is 0.340 e. The molecule has 0 aliphatic carbocycles. The summed E-state index contributed by atoms with van der Waals surface area (Å²) >= 11 is 5.99. The molecule has 0 radical (unpaired) electrons. The topological polar surface area (TPSA) is 42.2 Å². The molecular formula is C20H16ClFN4. The van der Waals surface area contributed by atoms with E-state index in [1.54, 1.807) is 16.6 Å². The minimum Gasteiger partial charge on any atom is -0.340 e. The van der Waals surface area contributed by atoms with Crippen LogP contribution in [-0.2, 0) is 0 Å². The van der Waals surface area contributed by atoms with Crippen LogP contribution in [0.4, 0.5) is 15.9 Å². The maximum atomic E-state index is 13.2. The fourth-order valence-corrected chi connectivity index (χ4v) is 3.02. The summed E-state index contributed by atoms with van der Waals surface area (Å²) in [7, 11) is 0. The molecule has 0 unspecified atom stereocenters. The molecule has 130 valence electrons. The van der Waals surface area contributed by atoms with Gasteiger partial charge in [-0.05, 0) is 50.2 Å². The molecule has 4 nitrogen and oxygen atoms in total. The lowest BCUT2D eigenvalue weighted by atomic mass is 10.1. The summed E-state index contributed by atoms with van der Waals surface area (Å²) in [6.07, 6.45) is 0. The first-order chi connectivity index (χ1) is 12.5. The predicted molar refractivity (Wildman–Crippen MR) is 103 cm³/mol. The second kappa shape index (κ2) is 6.42. The average molecular weight is 367 g/mol. The van der Waals surface area contributed by atoms with Crippen molar-refractivity contribution in [2.24, 2.45) is 0 Å². The molecule has 0 atom stereocenters. The number of halogens is 2. The van der Waals surface area contributed by atoms with Crippen molar-refractivity contribution in [1.82, 2.24) is 14.6 Å². The summed E-state index contributed by atoms with van der Waals surface area (Å²) in [4.78, 5) is 4.63. The highest BCUT2D eigenvalue weighted by molar-refractivity contribution is 6.30. The van der Waals surface area contributed by atoms with Crippen molar-refractivity contribution >= 4 is 28.8 Å². The van der Waals surface area contributed by atoms with Gasteiger partial charge in [-0.3, -0.25) is 0 Å². The van der Waals surface area contributed by atoms with Crippen molar-refractivity contribution < 1.29 is 4.39 Å². The van der Waals surface area contributed by atoms with E-state index in [0.29, 0.717) is 5.02 Å². The molecule has 0 bridgehead atoms. The molecule has 4 aromatic rings. The molecule has 6 heteroatoms. The Hall–Kier alpha value is -2.92. The second-order valence-electron chi connectivity index (χ2n) is 6.13. The van der Waals surface area contributed by atoms with Crippen molar-refractivity contribution in [1.29, 1.82) is 0 Å². The van der Waals surface area contributed by atoms with E-state index in [9.17, 15) is 4.39 Å². The van der Waals surface area contributed by atoms with Crippen LogP contribution < -0.4 is 5.32 Å². The zero-order chi connectivity index (χ0) is 18.3. The van der Waals surface area contributed by atoms with Gasteiger partial charge in [-0.25, -0.2) is 9.37 Å². The van der Waals surface area contributed by atoms with Gasteiger partial charge in [0.15, 0.2) is 5.65 Å². The Morgan fingerprint density at radius 2 is 1.69 bits per heavy atom. The number of rotatable bonds is 3. The van der Waals surface area contributed by atoms with Gasteiger partial charge in [-0.15, -0.1) is 0 Å². The maximum Gasteiger partial charge on any atom is 0.161 e. The molecule has 0 fully saturated rings. The smallest absolute Gasteiger partial charge is 0.161 e. The molecule has 0 amide bonds. The molecule has 1 N–H and O–H groups in total. The first-order valence-electron chi connectivity index (χ1n) is 8.17. The number of anilines is 2. The van der Waals surface area contributed by atoms with Crippen LogP contribution in [0.2, 0.25) is 5.02 Å². The number of hydrogen-bond donors (Lipinski definition) is 1. The highest BCUT2D eigenvalue weighted by Crippen LogP contribution is 2.28. The van der Waals surface area contributed by atoms with Gasteiger partial charge in [0.1, 0.15) is 11.6 Å². The first kappa shape index (κ1) is 16.5. The Labute approximate surface area is 155 Å². The van der Waals surface area contributed by atoms with E-state index in [1.165, 1.54) is 12.1 Å². The monoisotopic (exact) mass is 366 g/mol. The third-order valence-electron chi connectivity index (χ3n) is 4.18. The van der Waals surface area contributed by atoms with Gasteiger partial charge in [-0.1, -0.05) is 23.7 Å². The van der Waals surface area contributed by atoms with Gasteiger partial charge in [-0.2, -0.15) is 9.61 Å². The van der Waals surface area contributed by atoms with Gasteiger partial charge < -0.3 is 5.32 Å². The van der Waals surface area contributed by atoms with E-state index in [1.807, 2.05) is 44.2 Å². The van der Waals surface area contributed by atoms with Crippen LogP contribution >= 0.6 is 11.6 Å². The van der Waals surface area contributed by atoms with Crippen LogP contribution in [0.5, 0.6) is 0 Å². The first-order valence-corrected chi connectivity index (χ1v) is 8.54. The van der Waals surface area contributed by atoms with E-state index in [-0.39, 0.29) is 5.82 Å². The highest BCUT2D eigenvalue weighted by Gasteiger charge is 2.15. The third kappa shape index (κ3) is 3.02. The van der Waals surface area contributed by atoms with Crippen LogP contribution in [0, 0.1) is 19.7 Å². The van der Waals surface area contributed by atoms with Crippen molar-refractivity contribution in [2.45, 2.75) is 13.8 Å². The molecule has 2 aromatic carbocycles. The number of aromatic nitrogens is 3. The van der Waals surface area contributed by atoms with E-state index >= 15 is 0 Å². The normalized spacial score (nSPS) is 11.1. The molecule has 4 rings (SSSR count). The molecule has 0 aliphatic rings. The molecule has 26 heavy (non-hydrogen) atoms. The summed E-state index contributed by atoms with van der Waals surface area (Å²) in [5.41, 5.74) is 5.23.